The number of amides is 1. The molecule has 0 radical (unpaired) electrons. The Hall–Kier alpha value is -1.44. The fourth-order valence-corrected chi connectivity index (χ4v) is 4.36. The lowest BCUT2D eigenvalue weighted by molar-refractivity contribution is -0.122. The van der Waals surface area contributed by atoms with Crippen molar-refractivity contribution in [3.63, 3.8) is 0 Å². The molecule has 0 aliphatic carbocycles. The summed E-state index contributed by atoms with van der Waals surface area (Å²) >= 11 is 0. The number of nitrogens with zero attached hydrogens (tertiary/aromatic N) is 1. The van der Waals surface area contributed by atoms with Gasteiger partial charge in [-0.05, 0) is 36.8 Å². The Labute approximate surface area is 131 Å². The molecule has 1 amide bonds. The van der Waals surface area contributed by atoms with Gasteiger partial charge in [-0.25, -0.2) is 0 Å². The Morgan fingerprint density at radius 1 is 1.18 bits per heavy atom. The third-order valence-electron chi connectivity index (χ3n) is 4.26. The highest BCUT2D eigenvalue weighted by Gasteiger charge is 2.31. The maximum atomic E-state index is 12.6. The summed E-state index contributed by atoms with van der Waals surface area (Å²) in [6.07, 6.45) is 2.99. The summed E-state index contributed by atoms with van der Waals surface area (Å²) in [7, 11) is -3.65. The molecular weight excluding hydrogens is 302 g/mol. The Kier molecular flexibility index (Phi) is 4.46. The zero-order valence-corrected chi connectivity index (χ0v) is 13.2. The van der Waals surface area contributed by atoms with Crippen LogP contribution in [0.4, 0.5) is 0 Å². The van der Waals surface area contributed by atoms with Gasteiger partial charge >= 0.3 is 0 Å². The number of hydrogen-bond donors (Lipinski definition) is 2. The number of hydrogen-bond acceptors (Lipinski definition) is 3. The van der Waals surface area contributed by atoms with Crippen LogP contribution in [0.5, 0.6) is 0 Å². The van der Waals surface area contributed by atoms with Crippen molar-refractivity contribution >= 4 is 16.1 Å². The van der Waals surface area contributed by atoms with Gasteiger partial charge in [-0.15, -0.1) is 0 Å². The maximum Gasteiger partial charge on any atom is 0.280 e. The summed E-state index contributed by atoms with van der Waals surface area (Å²) in [6, 6.07) is 7.21. The predicted octanol–water partition coefficient (Wildman–Crippen LogP) is 0.548. The Balaban J connectivity index is 1.72. The molecule has 0 bridgehead atoms. The third kappa shape index (κ3) is 3.31. The van der Waals surface area contributed by atoms with Gasteiger partial charge in [0.05, 0.1) is 0 Å². The van der Waals surface area contributed by atoms with Crippen molar-refractivity contribution in [3.05, 3.63) is 35.4 Å². The Morgan fingerprint density at radius 2 is 1.95 bits per heavy atom. The zero-order valence-electron chi connectivity index (χ0n) is 12.4. The van der Waals surface area contributed by atoms with Crippen LogP contribution in [0.3, 0.4) is 0 Å². The molecule has 1 fully saturated rings. The molecule has 6 nitrogen and oxygen atoms in total. The molecular formula is C15H21N3O3S. The van der Waals surface area contributed by atoms with E-state index >= 15 is 0 Å². The lowest BCUT2D eigenvalue weighted by Gasteiger charge is -2.29. The van der Waals surface area contributed by atoms with E-state index in [1.807, 2.05) is 24.3 Å². The van der Waals surface area contributed by atoms with Gasteiger partial charge in [0.25, 0.3) is 10.2 Å². The fraction of sp³-hybridized carbons (Fsp3) is 0.533. The first-order valence-corrected chi connectivity index (χ1v) is 9.12. The number of carbonyl (C=O) groups excluding carboxylic acids is 1. The van der Waals surface area contributed by atoms with Crippen molar-refractivity contribution in [2.45, 2.75) is 38.3 Å². The maximum absolute atomic E-state index is 12.6. The van der Waals surface area contributed by atoms with Crippen LogP contribution in [-0.4, -0.2) is 37.8 Å². The summed E-state index contributed by atoms with van der Waals surface area (Å²) < 4.78 is 29.1. The van der Waals surface area contributed by atoms with Crippen molar-refractivity contribution in [3.8, 4) is 0 Å². The molecule has 2 heterocycles. The van der Waals surface area contributed by atoms with Crippen LogP contribution in [0.1, 0.15) is 30.4 Å². The van der Waals surface area contributed by atoms with Gasteiger partial charge in [0.1, 0.15) is 6.04 Å². The van der Waals surface area contributed by atoms with Crippen molar-refractivity contribution in [1.29, 1.82) is 0 Å². The minimum absolute atomic E-state index is 0.224. The molecule has 22 heavy (non-hydrogen) atoms. The van der Waals surface area contributed by atoms with Gasteiger partial charge in [-0.1, -0.05) is 24.3 Å². The second kappa shape index (κ2) is 6.36. The predicted molar refractivity (Wildman–Crippen MR) is 83.3 cm³/mol. The van der Waals surface area contributed by atoms with Gasteiger partial charge in [-0.3, -0.25) is 4.79 Å². The van der Waals surface area contributed by atoms with Gasteiger partial charge in [-0.2, -0.15) is 17.4 Å². The molecule has 0 spiro atoms. The molecule has 0 saturated carbocycles. The van der Waals surface area contributed by atoms with Gasteiger partial charge < -0.3 is 5.32 Å². The quantitative estimate of drug-likeness (QED) is 0.852. The molecule has 0 aromatic heterocycles. The molecule has 2 aliphatic rings. The highest BCUT2D eigenvalue weighted by atomic mass is 32.2. The molecule has 1 aromatic carbocycles. The van der Waals surface area contributed by atoms with E-state index in [1.165, 1.54) is 9.87 Å². The fourth-order valence-electron chi connectivity index (χ4n) is 2.98. The second-order valence-electron chi connectivity index (χ2n) is 5.81. The van der Waals surface area contributed by atoms with Gasteiger partial charge in [0.15, 0.2) is 0 Å². The largest absolute Gasteiger partial charge is 0.355 e. The number of rotatable bonds is 3. The summed E-state index contributed by atoms with van der Waals surface area (Å²) in [5.41, 5.74) is 2.23. The van der Waals surface area contributed by atoms with E-state index in [2.05, 4.69) is 10.0 Å². The third-order valence-corrected chi connectivity index (χ3v) is 5.84. The first-order chi connectivity index (χ1) is 10.6. The molecule has 1 unspecified atom stereocenters. The van der Waals surface area contributed by atoms with Crippen molar-refractivity contribution in [1.82, 2.24) is 14.3 Å². The van der Waals surface area contributed by atoms with Crippen LogP contribution in [0, 0.1) is 0 Å². The molecule has 1 aromatic rings. The van der Waals surface area contributed by atoms with E-state index in [-0.39, 0.29) is 5.91 Å². The van der Waals surface area contributed by atoms with E-state index in [4.69, 9.17) is 0 Å². The average Bonchev–Trinajstić information content (AvgIpc) is 2.71. The average molecular weight is 323 g/mol. The monoisotopic (exact) mass is 323 g/mol. The van der Waals surface area contributed by atoms with Crippen LogP contribution in [0.2, 0.25) is 0 Å². The number of carbonyl (C=O) groups is 1. The van der Waals surface area contributed by atoms with Crippen LogP contribution >= 0.6 is 0 Å². The van der Waals surface area contributed by atoms with Crippen molar-refractivity contribution < 1.29 is 13.2 Å². The van der Waals surface area contributed by atoms with Gasteiger partial charge in [0, 0.05) is 19.6 Å². The van der Waals surface area contributed by atoms with E-state index in [0.29, 0.717) is 32.5 Å². The number of fused-ring (bicyclic) bond motifs is 1. The van der Waals surface area contributed by atoms with E-state index in [9.17, 15) is 13.2 Å². The minimum atomic E-state index is -3.65. The van der Waals surface area contributed by atoms with Gasteiger partial charge in [0.2, 0.25) is 5.91 Å². The van der Waals surface area contributed by atoms with Crippen LogP contribution in [0.15, 0.2) is 24.3 Å². The van der Waals surface area contributed by atoms with Crippen molar-refractivity contribution in [2.24, 2.45) is 0 Å². The second-order valence-corrected chi connectivity index (χ2v) is 7.52. The molecule has 3 rings (SSSR count). The summed E-state index contributed by atoms with van der Waals surface area (Å²) in [5.74, 6) is -0.224. The zero-order chi connectivity index (χ0) is 15.6. The smallest absolute Gasteiger partial charge is 0.280 e. The summed E-state index contributed by atoms with van der Waals surface area (Å²) in [6.45, 7) is 1.43. The number of benzene rings is 1. The highest BCUT2D eigenvalue weighted by Crippen LogP contribution is 2.20. The normalized spacial score (nSPS) is 23.5. The number of nitrogens with one attached hydrogen (secondary N) is 2. The lowest BCUT2D eigenvalue weighted by atomic mass is 10.0. The van der Waals surface area contributed by atoms with E-state index in [0.717, 1.165) is 18.4 Å². The van der Waals surface area contributed by atoms with E-state index in [1.54, 1.807) is 0 Å². The van der Waals surface area contributed by atoms with Crippen LogP contribution < -0.4 is 10.0 Å². The summed E-state index contributed by atoms with van der Waals surface area (Å²) in [5, 5.41) is 2.75. The molecule has 2 N–H and O–H groups in total. The van der Waals surface area contributed by atoms with E-state index < -0.39 is 16.3 Å². The van der Waals surface area contributed by atoms with Crippen LogP contribution in [0.25, 0.3) is 0 Å². The topological polar surface area (TPSA) is 78.5 Å². The molecule has 1 saturated heterocycles. The molecule has 2 aliphatic heterocycles. The summed E-state index contributed by atoms with van der Waals surface area (Å²) in [4.78, 5) is 11.9. The molecule has 7 heteroatoms. The highest BCUT2D eigenvalue weighted by molar-refractivity contribution is 7.87. The minimum Gasteiger partial charge on any atom is -0.355 e. The standard InChI is InChI=1S/C15H21N3O3S/c19-15-14(7-3-4-9-16-15)17-22(20,21)18-10-8-12-5-1-2-6-13(12)11-18/h1-2,5-6,14,17H,3-4,7-11H2,(H,16,19). The lowest BCUT2D eigenvalue weighted by Crippen LogP contribution is -2.51. The first kappa shape index (κ1) is 15.5. The molecule has 120 valence electrons. The SMILES string of the molecule is O=C1NCCCCC1NS(=O)(=O)N1CCc2ccccc2C1. The van der Waals surface area contributed by atoms with Crippen LogP contribution in [-0.2, 0) is 28.0 Å². The van der Waals surface area contributed by atoms with Crippen molar-refractivity contribution in [2.75, 3.05) is 13.1 Å². The Bertz CT molecular complexity index is 660. The molecule has 1 atom stereocenters. The Morgan fingerprint density at radius 3 is 2.77 bits per heavy atom. The first-order valence-electron chi connectivity index (χ1n) is 7.68.